The average molecular weight is 235 g/mol. The summed E-state index contributed by atoms with van der Waals surface area (Å²) < 4.78 is 5.46. The monoisotopic (exact) mass is 235 g/mol. The largest absolute Gasteiger partial charge is 0.473 e. The van der Waals surface area contributed by atoms with E-state index in [0.717, 1.165) is 5.56 Å². The van der Waals surface area contributed by atoms with Gasteiger partial charge in [0.15, 0.2) is 0 Å². The highest BCUT2D eigenvalue weighted by Gasteiger charge is 1.99. The quantitative estimate of drug-likeness (QED) is 0.819. The summed E-state index contributed by atoms with van der Waals surface area (Å²) in [6, 6.07) is 16.2. The molecular weight excluding hydrogens is 226 g/mol. The maximum atomic E-state index is 8.71. The molecule has 0 amide bonds. The molecule has 1 aromatic carbocycles. The Morgan fingerprint density at radius 2 is 1.78 bits per heavy atom. The number of aromatic nitrogens is 1. The zero-order valence-electron chi connectivity index (χ0n) is 9.50. The van der Waals surface area contributed by atoms with Crippen LogP contribution in [0.25, 0.3) is 0 Å². The van der Waals surface area contributed by atoms with Crippen molar-refractivity contribution >= 4 is 0 Å². The SMILES string of the molecule is N#Cc1ccc(COc2cccc(C#N)n2)cc1. The van der Waals surface area contributed by atoms with E-state index in [1.54, 1.807) is 30.3 Å². The van der Waals surface area contributed by atoms with E-state index in [-0.39, 0.29) is 0 Å². The van der Waals surface area contributed by atoms with Gasteiger partial charge < -0.3 is 4.74 Å². The molecule has 2 aromatic rings. The minimum absolute atomic E-state index is 0.326. The van der Waals surface area contributed by atoms with Gasteiger partial charge in [0.1, 0.15) is 18.4 Å². The number of hydrogen-bond donors (Lipinski definition) is 0. The lowest BCUT2D eigenvalue weighted by molar-refractivity contribution is 0.293. The fourth-order valence-corrected chi connectivity index (χ4v) is 1.39. The third kappa shape index (κ3) is 2.84. The minimum atomic E-state index is 0.326. The molecule has 0 radical (unpaired) electrons. The minimum Gasteiger partial charge on any atom is -0.473 e. The first-order valence-electron chi connectivity index (χ1n) is 5.31. The third-order valence-electron chi connectivity index (χ3n) is 2.31. The van der Waals surface area contributed by atoms with Crippen LogP contribution in [0.5, 0.6) is 5.88 Å². The van der Waals surface area contributed by atoms with Gasteiger partial charge in [-0.05, 0) is 23.8 Å². The van der Waals surface area contributed by atoms with E-state index in [1.807, 2.05) is 18.2 Å². The number of pyridine rings is 1. The van der Waals surface area contributed by atoms with Crippen LogP contribution in [0.15, 0.2) is 42.5 Å². The Bertz CT molecular complexity index is 621. The van der Waals surface area contributed by atoms with Gasteiger partial charge in [0, 0.05) is 6.07 Å². The maximum absolute atomic E-state index is 8.71. The molecule has 0 unspecified atom stereocenters. The van der Waals surface area contributed by atoms with Crippen LogP contribution in [0, 0.1) is 22.7 Å². The molecule has 1 heterocycles. The predicted octanol–water partition coefficient (Wildman–Crippen LogP) is 2.40. The van der Waals surface area contributed by atoms with Crippen LogP contribution >= 0.6 is 0 Å². The van der Waals surface area contributed by atoms with E-state index >= 15 is 0 Å². The topological polar surface area (TPSA) is 69.7 Å². The molecular formula is C14H9N3O. The van der Waals surface area contributed by atoms with Crippen molar-refractivity contribution in [3.8, 4) is 18.0 Å². The van der Waals surface area contributed by atoms with Gasteiger partial charge in [-0.25, -0.2) is 4.98 Å². The van der Waals surface area contributed by atoms with Gasteiger partial charge in [-0.2, -0.15) is 10.5 Å². The van der Waals surface area contributed by atoms with Crippen molar-refractivity contribution < 1.29 is 4.74 Å². The molecule has 0 aliphatic heterocycles. The van der Waals surface area contributed by atoms with E-state index in [2.05, 4.69) is 11.1 Å². The molecule has 0 saturated heterocycles. The van der Waals surface area contributed by atoms with Crippen molar-refractivity contribution in [3.63, 3.8) is 0 Å². The van der Waals surface area contributed by atoms with Crippen molar-refractivity contribution in [2.75, 3.05) is 0 Å². The highest BCUT2D eigenvalue weighted by atomic mass is 16.5. The molecule has 0 fully saturated rings. The Labute approximate surface area is 105 Å². The Kier molecular flexibility index (Phi) is 3.53. The normalized spacial score (nSPS) is 9.22. The first kappa shape index (κ1) is 11.6. The van der Waals surface area contributed by atoms with Gasteiger partial charge in [-0.3, -0.25) is 0 Å². The summed E-state index contributed by atoms with van der Waals surface area (Å²) in [7, 11) is 0. The molecule has 0 aliphatic carbocycles. The standard InChI is InChI=1S/C14H9N3O/c15-8-11-4-6-12(7-5-11)10-18-14-3-1-2-13(9-16)17-14/h1-7H,10H2. The van der Waals surface area contributed by atoms with E-state index in [1.165, 1.54) is 0 Å². The number of benzene rings is 1. The Morgan fingerprint density at radius 1 is 1.00 bits per heavy atom. The van der Waals surface area contributed by atoms with E-state index in [0.29, 0.717) is 23.7 Å². The van der Waals surface area contributed by atoms with Gasteiger partial charge in [-0.15, -0.1) is 0 Å². The molecule has 86 valence electrons. The summed E-state index contributed by atoms with van der Waals surface area (Å²) in [5.41, 5.74) is 1.88. The van der Waals surface area contributed by atoms with Crippen molar-refractivity contribution in [1.82, 2.24) is 4.98 Å². The van der Waals surface area contributed by atoms with Gasteiger partial charge in [0.25, 0.3) is 0 Å². The van der Waals surface area contributed by atoms with Gasteiger partial charge in [-0.1, -0.05) is 18.2 Å². The molecule has 2 rings (SSSR count). The smallest absolute Gasteiger partial charge is 0.214 e. The zero-order chi connectivity index (χ0) is 12.8. The Balaban J connectivity index is 2.02. The molecule has 0 atom stereocenters. The molecule has 4 heteroatoms. The van der Waals surface area contributed by atoms with E-state index < -0.39 is 0 Å². The summed E-state index contributed by atoms with van der Waals surface area (Å²) in [6.45, 7) is 0.355. The maximum Gasteiger partial charge on any atom is 0.214 e. The van der Waals surface area contributed by atoms with Gasteiger partial charge in [0.05, 0.1) is 11.6 Å². The number of rotatable bonds is 3. The number of nitriles is 2. The summed E-state index contributed by atoms with van der Waals surface area (Å²) >= 11 is 0. The summed E-state index contributed by atoms with van der Waals surface area (Å²) in [6.07, 6.45) is 0. The number of hydrogen-bond acceptors (Lipinski definition) is 4. The fraction of sp³-hybridized carbons (Fsp3) is 0.0714. The second kappa shape index (κ2) is 5.47. The van der Waals surface area contributed by atoms with Crippen LogP contribution in [0.1, 0.15) is 16.8 Å². The molecule has 0 spiro atoms. The molecule has 0 aliphatic rings. The molecule has 4 nitrogen and oxygen atoms in total. The summed E-state index contributed by atoms with van der Waals surface area (Å²) in [5.74, 6) is 0.415. The van der Waals surface area contributed by atoms with Crippen LogP contribution in [-0.2, 0) is 6.61 Å². The lowest BCUT2D eigenvalue weighted by Gasteiger charge is -2.05. The third-order valence-corrected chi connectivity index (χ3v) is 2.31. The fourth-order valence-electron chi connectivity index (χ4n) is 1.39. The number of ether oxygens (including phenoxy) is 1. The van der Waals surface area contributed by atoms with Crippen LogP contribution in [0.3, 0.4) is 0 Å². The van der Waals surface area contributed by atoms with E-state index in [4.69, 9.17) is 15.3 Å². The first-order chi connectivity index (χ1) is 8.81. The van der Waals surface area contributed by atoms with E-state index in [9.17, 15) is 0 Å². The Hall–Kier alpha value is -2.85. The Morgan fingerprint density at radius 3 is 2.44 bits per heavy atom. The molecule has 0 N–H and O–H groups in total. The van der Waals surface area contributed by atoms with Crippen LogP contribution < -0.4 is 4.74 Å². The number of nitrogens with zero attached hydrogens (tertiary/aromatic N) is 3. The van der Waals surface area contributed by atoms with Crippen LogP contribution in [0.2, 0.25) is 0 Å². The molecule has 0 saturated carbocycles. The first-order valence-corrected chi connectivity index (χ1v) is 5.31. The van der Waals surface area contributed by atoms with Crippen LogP contribution in [-0.4, -0.2) is 4.98 Å². The highest BCUT2D eigenvalue weighted by Crippen LogP contribution is 2.10. The van der Waals surface area contributed by atoms with Crippen molar-refractivity contribution in [2.24, 2.45) is 0 Å². The predicted molar refractivity (Wildman–Crippen MR) is 64.4 cm³/mol. The molecule has 1 aromatic heterocycles. The summed E-state index contributed by atoms with van der Waals surface area (Å²) in [5, 5.41) is 17.4. The van der Waals surface area contributed by atoms with Gasteiger partial charge >= 0.3 is 0 Å². The second-order valence-corrected chi connectivity index (χ2v) is 3.57. The van der Waals surface area contributed by atoms with Crippen molar-refractivity contribution in [3.05, 3.63) is 59.3 Å². The zero-order valence-corrected chi connectivity index (χ0v) is 9.50. The van der Waals surface area contributed by atoms with Crippen molar-refractivity contribution in [1.29, 1.82) is 10.5 Å². The second-order valence-electron chi connectivity index (χ2n) is 3.57. The molecule has 0 bridgehead atoms. The summed E-state index contributed by atoms with van der Waals surface area (Å²) in [4.78, 5) is 4.00. The lowest BCUT2D eigenvalue weighted by atomic mass is 10.2. The lowest BCUT2D eigenvalue weighted by Crippen LogP contribution is -1.98. The van der Waals surface area contributed by atoms with Crippen molar-refractivity contribution in [2.45, 2.75) is 6.61 Å². The van der Waals surface area contributed by atoms with Crippen LogP contribution in [0.4, 0.5) is 0 Å². The highest BCUT2D eigenvalue weighted by molar-refractivity contribution is 5.31. The average Bonchev–Trinajstić information content (AvgIpc) is 2.46. The van der Waals surface area contributed by atoms with Gasteiger partial charge in [0.2, 0.25) is 5.88 Å². The molecule has 18 heavy (non-hydrogen) atoms.